The van der Waals surface area contributed by atoms with Crippen LogP contribution >= 0.6 is 0 Å². The van der Waals surface area contributed by atoms with Gasteiger partial charge in [-0.3, -0.25) is 4.79 Å². The Morgan fingerprint density at radius 2 is 2.00 bits per heavy atom. The van der Waals surface area contributed by atoms with Gasteiger partial charge >= 0.3 is 0 Å². The quantitative estimate of drug-likeness (QED) is 0.775. The number of benzene rings is 1. The Kier molecular flexibility index (Phi) is 4.56. The van der Waals surface area contributed by atoms with Crippen LogP contribution in [0.4, 0.5) is 0 Å². The van der Waals surface area contributed by atoms with Crippen LogP contribution in [0.25, 0.3) is 5.69 Å². The average molecular weight is 339 g/mol. The second-order valence-electron chi connectivity index (χ2n) is 5.83. The van der Waals surface area contributed by atoms with Gasteiger partial charge in [-0.15, -0.1) is 0 Å². The molecule has 0 aliphatic carbocycles. The molecule has 0 bridgehead atoms. The van der Waals surface area contributed by atoms with Crippen molar-refractivity contribution >= 4 is 5.91 Å². The Balaban J connectivity index is 1.76. The maximum atomic E-state index is 12.6. The lowest BCUT2D eigenvalue weighted by Gasteiger charge is -2.15. The summed E-state index contributed by atoms with van der Waals surface area (Å²) in [7, 11) is 3.28. The van der Waals surface area contributed by atoms with Crippen LogP contribution in [-0.4, -0.2) is 32.6 Å². The molecule has 1 amide bonds. The average Bonchev–Trinajstić information content (AvgIpc) is 3.22. The van der Waals surface area contributed by atoms with Gasteiger partial charge in [-0.1, -0.05) is 12.1 Å². The maximum Gasteiger partial charge on any atom is 0.259 e. The lowest BCUT2D eigenvalue weighted by atomic mass is 10.1. The number of aryl methyl sites for hydroxylation is 2. The van der Waals surface area contributed by atoms with Crippen molar-refractivity contribution in [3.63, 3.8) is 0 Å². The van der Waals surface area contributed by atoms with Crippen molar-refractivity contribution in [2.75, 3.05) is 7.11 Å². The predicted molar refractivity (Wildman–Crippen MR) is 93.9 cm³/mol. The van der Waals surface area contributed by atoms with Crippen molar-refractivity contribution in [1.82, 2.24) is 24.9 Å². The highest BCUT2D eigenvalue weighted by molar-refractivity contribution is 5.97. The van der Waals surface area contributed by atoms with Gasteiger partial charge in [0.2, 0.25) is 5.88 Å². The van der Waals surface area contributed by atoms with Crippen LogP contribution in [-0.2, 0) is 7.05 Å². The molecule has 0 radical (unpaired) electrons. The summed E-state index contributed by atoms with van der Waals surface area (Å²) in [6, 6.07) is 9.63. The summed E-state index contributed by atoms with van der Waals surface area (Å²) >= 11 is 0. The zero-order valence-electron chi connectivity index (χ0n) is 14.7. The minimum absolute atomic E-state index is 0.150. The van der Waals surface area contributed by atoms with Gasteiger partial charge in [0.1, 0.15) is 5.56 Å². The molecule has 1 N–H and O–H groups in total. The van der Waals surface area contributed by atoms with Gasteiger partial charge in [0.05, 0.1) is 24.5 Å². The van der Waals surface area contributed by atoms with E-state index in [1.807, 2.05) is 43.5 Å². The molecule has 0 saturated carbocycles. The largest absolute Gasteiger partial charge is 0.481 e. The van der Waals surface area contributed by atoms with Gasteiger partial charge in [0.25, 0.3) is 5.91 Å². The van der Waals surface area contributed by atoms with Crippen LogP contribution in [0.5, 0.6) is 5.88 Å². The summed E-state index contributed by atoms with van der Waals surface area (Å²) in [5.74, 6) is 0.252. The number of amides is 1. The van der Waals surface area contributed by atoms with E-state index in [1.165, 1.54) is 7.11 Å². The third kappa shape index (κ3) is 3.26. The number of nitrogens with zero attached hydrogens (tertiary/aromatic N) is 4. The summed E-state index contributed by atoms with van der Waals surface area (Å²) in [6.07, 6.45) is 3.62. The van der Waals surface area contributed by atoms with Crippen LogP contribution in [0, 0.1) is 6.92 Å². The fourth-order valence-corrected chi connectivity index (χ4v) is 2.82. The van der Waals surface area contributed by atoms with E-state index >= 15 is 0 Å². The topological polar surface area (TPSA) is 74.0 Å². The van der Waals surface area contributed by atoms with E-state index in [0.29, 0.717) is 17.1 Å². The molecular formula is C18H21N5O2. The number of hydrogen-bond acceptors (Lipinski definition) is 4. The van der Waals surface area contributed by atoms with Crippen LogP contribution in [0.1, 0.15) is 34.6 Å². The predicted octanol–water partition coefficient (Wildman–Crippen LogP) is 2.41. The minimum atomic E-state index is -0.203. The first-order chi connectivity index (χ1) is 12.0. The van der Waals surface area contributed by atoms with Gasteiger partial charge < -0.3 is 10.1 Å². The summed E-state index contributed by atoms with van der Waals surface area (Å²) in [5.41, 5.74) is 3.07. The maximum absolute atomic E-state index is 12.6. The third-order valence-corrected chi connectivity index (χ3v) is 4.10. The number of rotatable bonds is 5. The van der Waals surface area contributed by atoms with Gasteiger partial charge in [-0.05, 0) is 37.6 Å². The summed E-state index contributed by atoms with van der Waals surface area (Å²) in [4.78, 5) is 12.6. The number of aromatic nitrogens is 4. The van der Waals surface area contributed by atoms with E-state index in [-0.39, 0.29) is 11.9 Å². The molecule has 3 rings (SSSR count). The third-order valence-electron chi connectivity index (χ3n) is 4.10. The molecule has 25 heavy (non-hydrogen) atoms. The molecule has 0 fully saturated rings. The fraction of sp³-hybridized carbons (Fsp3) is 0.278. The second kappa shape index (κ2) is 6.80. The first kappa shape index (κ1) is 16.8. The van der Waals surface area contributed by atoms with Crippen molar-refractivity contribution in [3.05, 3.63) is 59.5 Å². The molecule has 7 nitrogen and oxygen atoms in total. The molecule has 130 valence electrons. The Labute approximate surface area is 146 Å². The van der Waals surface area contributed by atoms with E-state index in [4.69, 9.17) is 4.74 Å². The van der Waals surface area contributed by atoms with E-state index in [0.717, 1.165) is 11.3 Å². The van der Waals surface area contributed by atoms with Crippen LogP contribution in [0.2, 0.25) is 0 Å². The van der Waals surface area contributed by atoms with Crippen molar-refractivity contribution in [2.24, 2.45) is 7.05 Å². The first-order valence-corrected chi connectivity index (χ1v) is 7.99. The van der Waals surface area contributed by atoms with Crippen LogP contribution in [0.15, 0.2) is 42.7 Å². The van der Waals surface area contributed by atoms with Crippen molar-refractivity contribution in [2.45, 2.75) is 19.9 Å². The monoisotopic (exact) mass is 339 g/mol. The number of hydrogen-bond donors (Lipinski definition) is 1. The molecule has 0 aliphatic rings. The number of nitrogens with one attached hydrogen (secondary N) is 1. The molecule has 3 aromatic rings. The van der Waals surface area contributed by atoms with E-state index in [2.05, 4.69) is 15.5 Å². The summed E-state index contributed by atoms with van der Waals surface area (Å²) in [6.45, 7) is 3.74. The Hall–Kier alpha value is -3.09. The molecule has 1 aromatic carbocycles. The molecule has 1 atom stereocenters. The molecular weight excluding hydrogens is 318 g/mol. The van der Waals surface area contributed by atoms with E-state index < -0.39 is 0 Å². The van der Waals surface area contributed by atoms with E-state index in [1.54, 1.807) is 29.5 Å². The molecule has 2 heterocycles. The molecule has 0 aliphatic heterocycles. The molecule has 0 spiro atoms. The number of carbonyl (C=O) groups excluding carboxylic acids is 1. The Morgan fingerprint density at radius 3 is 2.60 bits per heavy atom. The lowest BCUT2D eigenvalue weighted by Crippen LogP contribution is -2.27. The Morgan fingerprint density at radius 1 is 1.28 bits per heavy atom. The van der Waals surface area contributed by atoms with Gasteiger partial charge in [-0.2, -0.15) is 10.2 Å². The van der Waals surface area contributed by atoms with E-state index in [9.17, 15) is 4.79 Å². The van der Waals surface area contributed by atoms with Gasteiger partial charge in [0.15, 0.2) is 0 Å². The highest BCUT2D eigenvalue weighted by Gasteiger charge is 2.22. The van der Waals surface area contributed by atoms with Crippen molar-refractivity contribution < 1.29 is 9.53 Å². The zero-order chi connectivity index (χ0) is 18.0. The zero-order valence-corrected chi connectivity index (χ0v) is 14.7. The summed E-state index contributed by atoms with van der Waals surface area (Å²) in [5, 5.41) is 11.4. The molecule has 2 aromatic heterocycles. The number of carbonyl (C=O) groups is 1. The highest BCUT2D eigenvalue weighted by atomic mass is 16.5. The molecule has 0 unspecified atom stereocenters. The molecule has 7 heteroatoms. The van der Waals surface area contributed by atoms with Crippen LogP contribution in [0.3, 0.4) is 0 Å². The number of ether oxygens (including phenoxy) is 1. The smallest absolute Gasteiger partial charge is 0.259 e. The van der Waals surface area contributed by atoms with Gasteiger partial charge in [0, 0.05) is 19.4 Å². The highest BCUT2D eigenvalue weighted by Crippen LogP contribution is 2.22. The standard InChI is InChI=1S/C18H21N5O2/c1-12(14-6-8-15(9-7-14)23-11-5-10-19-23)20-17(24)16-13(2)21-22(3)18(16)25-4/h5-12H,1-4H3,(H,20,24)/t12-/m0/s1. The SMILES string of the molecule is COc1c(C(=O)N[C@@H](C)c2ccc(-n3cccn3)cc2)c(C)nn1C. The lowest BCUT2D eigenvalue weighted by molar-refractivity contribution is 0.0936. The normalized spacial score (nSPS) is 12.0. The van der Waals surface area contributed by atoms with Crippen molar-refractivity contribution in [1.29, 1.82) is 0 Å². The van der Waals surface area contributed by atoms with Gasteiger partial charge in [-0.25, -0.2) is 9.36 Å². The Bertz CT molecular complexity index is 866. The molecule has 0 saturated heterocycles. The van der Waals surface area contributed by atoms with Crippen molar-refractivity contribution in [3.8, 4) is 11.6 Å². The fourth-order valence-electron chi connectivity index (χ4n) is 2.82. The summed E-state index contributed by atoms with van der Waals surface area (Å²) < 4.78 is 8.64. The van der Waals surface area contributed by atoms with Crippen LogP contribution < -0.4 is 10.1 Å². The first-order valence-electron chi connectivity index (χ1n) is 7.99. The second-order valence-corrected chi connectivity index (χ2v) is 5.83. The number of methoxy groups -OCH3 is 1. The minimum Gasteiger partial charge on any atom is -0.481 e.